The molecule has 0 N–H and O–H groups in total. The summed E-state index contributed by atoms with van der Waals surface area (Å²) in [5.74, 6) is 2.25. The molecule has 3 aliphatic rings. The summed E-state index contributed by atoms with van der Waals surface area (Å²) < 4.78 is 0. The van der Waals surface area contributed by atoms with E-state index in [4.69, 9.17) is 0 Å². The molecule has 96 valence electrons. The molecule has 1 saturated heterocycles. The maximum absolute atomic E-state index is 2.28. The molecule has 2 heterocycles. The molecule has 2 heteroatoms. The van der Waals surface area contributed by atoms with Crippen molar-refractivity contribution in [2.24, 2.45) is 5.92 Å². The molecule has 0 nitrogen and oxygen atoms in total. The molecule has 1 aromatic heterocycles. The molecule has 18 heavy (non-hydrogen) atoms. The lowest BCUT2D eigenvalue weighted by atomic mass is 9.98. The smallest absolute Gasteiger partial charge is 0.00772 e. The summed E-state index contributed by atoms with van der Waals surface area (Å²) in [4.78, 5) is 3.26. The molecule has 0 spiro atoms. The number of hydrogen-bond donors (Lipinski definition) is 0. The summed E-state index contributed by atoms with van der Waals surface area (Å²) in [6.07, 6.45) is 14.9. The largest absolute Gasteiger partial charge is 0.149 e. The average molecular weight is 276 g/mol. The summed E-state index contributed by atoms with van der Waals surface area (Å²) in [5.41, 5.74) is 1.62. The molecule has 1 atom stereocenters. The normalized spacial score (nSPS) is 24.7. The molecule has 0 aromatic carbocycles. The molecular weight excluding hydrogens is 256 g/mol. The van der Waals surface area contributed by atoms with Crippen LogP contribution in [0, 0.1) is 5.92 Å². The van der Waals surface area contributed by atoms with Gasteiger partial charge in [0.25, 0.3) is 0 Å². The Balaban J connectivity index is 0.000000111. The molecule has 1 fully saturated rings. The number of thiophene rings is 1. The fourth-order valence-electron chi connectivity index (χ4n) is 2.81. The SMILES string of the molecule is C1=CCC2CCSC2=C1.c1cc2c(s1)CCCC2. The minimum atomic E-state index is 0.903. The number of allylic oxidation sites excluding steroid dienone is 4. The highest BCUT2D eigenvalue weighted by atomic mass is 32.2. The van der Waals surface area contributed by atoms with Crippen LogP contribution in [0.4, 0.5) is 0 Å². The number of thioether (sulfide) groups is 1. The van der Waals surface area contributed by atoms with E-state index in [2.05, 4.69) is 29.7 Å². The van der Waals surface area contributed by atoms with Gasteiger partial charge < -0.3 is 0 Å². The lowest BCUT2D eigenvalue weighted by molar-refractivity contribution is 0.647. The molecule has 0 amide bonds. The molecule has 0 bridgehead atoms. The van der Waals surface area contributed by atoms with Crippen molar-refractivity contribution in [2.75, 3.05) is 5.75 Å². The van der Waals surface area contributed by atoms with Gasteiger partial charge in [0.1, 0.15) is 0 Å². The maximum atomic E-state index is 2.28. The zero-order chi connectivity index (χ0) is 12.2. The highest BCUT2D eigenvalue weighted by Gasteiger charge is 2.20. The van der Waals surface area contributed by atoms with Gasteiger partial charge in [-0.15, -0.1) is 23.1 Å². The predicted molar refractivity (Wildman–Crippen MR) is 83.4 cm³/mol. The summed E-state index contributed by atoms with van der Waals surface area (Å²) in [5, 5.41) is 2.22. The van der Waals surface area contributed by atoms with Crippen molar-refractivity contribution < 1.29 is 0 Å². The maximum Gasteiger partial charge on any atom is 0.00772 e. The van der Waals surface area contributed by atoms with Gasteiger partial charge in [0, 0.05) is 4.88 Å². The van der Waals surface area contributed by atoms with Crippen LogP contribution >= 0.6 is 23.1 Å². The van der Waals surface area contributed by atoms with Gasteiger partial charge >= 0.3 is 0 Å². The van der Waals surface area contributed by atoms with Crippen LogP contribution < -0.4 is 0 Å². The summed E-state index contributed by atoms with van der Waals surface area (Å²) in [6.45, 7) is 0. The Morgan fingerprint density at radius 3 is 3.00 bits per heavy atom. The van der Waals surface area contributed by atoms with E-state index in [1.165, 1.54) is 44.3 Å². The Hall–Kier alpha value is -0.470. The Labute approximate surface area is 118 Å². The second-order valence-electron chi connectivity index (χ2n) is 5.14. The van der Waals surface area contributed by atoms with Gasteiger partial charge in [-0.05, 0) is 72.1 Å². The van der Waals surface area contributed by atoms with Gasteiger partial charge in [0.15, 0.2) is 0 Å². The second-order valence-corrected chi connectivity index (χ2v) is 7.31. The number of rotatable bonds is 0. The van der Waals surface area contributed by atoms with Crippen LogP contribution in [-0.4, -0.2) is 5.75 Å². The number of fused-ring (bicyclic) bond motifs is 2. The average Bonchev–Trinajstić information content (AvgIpc) is 3.08. The topological polar surface area (TPSA) is 0 Å². The van der Waals surface area contributed by atoms with E-state index in [9.17, 15) is 0 Å². The van der Waals surface area contributed by atoms with Crippen LogP contribution in [0.5, 0.6) is 0 Å². The van der Waals surface area contributed by atoms with Gasteiger partial charge in [-0.1, -0.05) is 18.2 Å². The zero-order valence-corrected chi connectivity index (χ0v) is 12.4. The van der Waals surface area contributed by atoms with Gasteiger partial charge in [-0.3, -0.25) is 0 Å². The minimum Gasteiger partial charge on any atom is -0.149 e. The Morgan fingerprint density at radius 1 is 1.17 bits per heavy atom. The Kier molecular flexibility index (Phi) is 4.27. The lowest BCUT2D eigenvalue weighted by Crippen LogP contribution is -1.96. The third-order valence-electron chi connectivity index (χ3n) is 3.89. The third kappa shape index (κ3) is 2.92. The molecule has 2 aliphatic carbocycles. The van der Waals surface area contributed by atoms with Crippen LogP contribution in [-0.2, 0) is 12.8 Å². The third-order valence-corrected chi connectivity index (χ3v) is 6.16. The molecule has 0 radical (unpaired) electrons. The first-order chi connectivity index (χ1) is 8.93. The quantitative estimate of drug-likeness (QED) is 0.627. The lowest BCUT2D eigenvalue weighted by Gasteiger charge is -2.09. The summed E-state index contributed by atoms with van der Waals surface area (Å²) in [7, 11) is 0. The van der Waals surface area contributed by atoms with Crippen LogP contribution in [0.15, 0.2) is 34.6 Å². The van der Waals surface area contributed by atoms with E-state index in [1.807, 2.05) is 23.1 Å². The highest BCUT2D eigenvalue weighted by Crippen LogP contribution is 2.39. The first-order valence-electron chi connectivity index (χ1n) is 6.98. The first kappa shape index (κ1) is 12.6. The Morgan fingerprint density at radius 2 is 2.11 bits per heavy atom. The van der Waals surface area contributed by atoms with Gasteiger partial charge in [0.2, 0.25) is 0 Å². The molecule has 0 saturated carbocycles. The molecular formula is C16H20S2. The molecule has 1 aliphatic heterocycles. The minimum absolute atomic E-state index is 0.903. The standard InChI is InChI=1S/2C8H10S/c2*1-2-4-8-7(3-1)5-6-9-8/h5-6H,1-4H2;1-2,4,7H,3,5-6H2. The fourth-order valence-corrected chi connectivity index (χ4v) is 5.06. The molecule has 1 unspecified atom stereocenters. The summed E-state index contributed by atoms with van der Waals surface area (Å²) >= 11 is 3.96. The van der Waals surface area contributed by atoms with Crippen LogP contribution in [0.25, 0.3) is 0 Å². The fraction of sp³-hybridized carbons (Fsp3) is 0.500. The van der Waals surface area contributed by atoms with E-state index >= 15 is 0 Å². The van der Waals surface area contributed by atoms with Crippen molar-refractivity contribution in [2.45, 2.75) is 38.5 Å². The van der Waals surface area contributed by atoms with Crippen LogP contribution in [0.3, 0.4) is 0 Å². The highest BCUT2D eigenvalue weighted by molar-refractivity contribution is 8.03. The van der Waals surface area contributed by atoms with Gasteiger partial charge in [0.05, 0.1) is 0 Å². The van der Waals surface area contributed by atoms with Crippen molar-refractivity contribution in [1.82, 2.24) is 0 Å². The molecule has 4 rings (SSSR count). The Bertz CT molecular complexity index is 433. The predicted octanol–water partition coefficient (Wildman–Crippen LogP) is 5.21. The van der Waals surface area contributed by atoms with E-state index < -0.39 is 0 Å². The monoisotopic (exact) mass is 276 g/mol. The first-order valence-corrected chi connectivity index (χ1v) is 8.85. The van der Waals surface area contributed by atoms with Crippen LogP contribution in [0.2, 0.25) is 0 Å². The second kappa shape index (κ2) is 6.12. The van der Waals surface area contributed by atoms with E-state index in [-0.39, 0.29) is 0 Å². The van der Waals surface area contributed by atoms with Crippen molar-refractivity contribution in [3.8, 4) is 0 Å². The van der Waals surface area contributed by atoms with Crippen molar-refractivity contribution in [3.05, 3.63) is 45.0 Å². The van der Waals surface area contributed by atoms with Gasteiger partial charge in [-0.2, -0.15) is 0 Å². The van der Waals surface area contributed by atoms with E-state index in [1.54, 1.807) is 15.3 Å². The number of aryl methyl sites for hydroxylation is 2. The van der Waals surface area contributed by atoms with Crippen molar-refractivity contribution in [3.63, 3.8) is 0 Å². The van der Waals surface area contributed by atoms with E-state index in [0.29, 0.717) is 0 Å². The number of hydrogen-bond acceptors (Lipinski definition) is 2. The van der Waals surface area contributed by atoms with Crippen LogP contribution in [0.1, 0.15) is 36.1 Å². The zero-order valence-electron chi connectivity index (χ0n) is 10.7. The van der Waals surface area contributed by atoms with Gasteiger partial charge in [-0.25, -0.2) is 0 Å². The van der Waals surface area contributed by atoms with Crippen molar-refractivity contribution in [1.29, 1.82) is 0 Å². The molecule has 1 aromatic rings. The van der Waals surface area contributed by atoms with Crippen molar-refractivity contribution >= 4 is 23.1 Å². The summed E-state index contributed by atoms with van der Waals surface area (Å²) in [6, 6.07) is 2.28. The van der Waals surface area contributed by atoms with E-state index in [0.717, 1.165) is 5.92 Å².